The third-order valence-electron chi connectivity index (χ3n) is 3.23. The number of rotatable bonds is 3. The first-order valence-electron chi connectivity index (χ1n) is 6.10. The second kappa shape index (κ2) is 4.62. The fourth-order valence-electron chi connectivity index (χ4n) is 2.15. The predicted octanol–water partition coefficient (Wildman–Crippen LogP) is 0.950. The maximum atomic E-state index is 11.7. The summed E-state index contributed by atoms with van der Waals surface area (Å²) in [6, 6.07) is 1.72. The third-order valence-corrected chi connectivity index (χ3v) is 3.23. The van der Waals surface area contributed by atoms with Gasteiger partial charge in [-0.15, -0.1) is 0 Å². The first kappa shape index (κ1) is 13.5. The second-order valence-corrected chi connectivity index (χ2v) is 5.61. The summed E-state index contributed by atoms with van der Waals surface area (Å²) in [5.41, 5.74) is 6.42. The number of fused-ring (bicyclic) bond motifs is 1. The molecule has 3 N–H and O–H groups in total. The molecule has 1 amide bonds. The zero-order chi connectivity index (χ0) is 14.2. The highest BCUT2D eigenvalue weighted by molar-refractivity contribution is 6.00. The van der Waals surface area contributed by atoms with Crippen LogP contribution >= 0.6 is 0 Å². The predicted molar refractivity (Wildman–Crippen MR) is 70.8 cm³/mol. The van der Waals surface area contributed by atoms with Gasteiger partial charge in [0.2, 0.25) is 0 Å². The highest BCUT2D eigenvalue weighted by Crippen LogP contribution is 2.36. The van der Waals surface area contributed by atoms with Gasteiger partial charge in [-0.25, -0.2) is 9.50 Å². The van der Waals surface area contributed by atoms with Gasteiger partial charge >= 0.3 is 0 Å². The average Bonchev–Trinajstić information content (AvgIpc) is 2.66. The van der Waals surface area contributed by atoms with E-state index < -0.39 is 5.91 Å². The lowest BCUT2D eigenvalue weighted by molar-refractivity contribution is 0.0998. The van der Waals surface area contributed by atoms with Gasteiger partial charge in [-0.1, -0.05) is 20.8 Å². The van der Waals surface area contributed by atoms with Gasteiger partial charge in [0.05, 0.1) is 12.3 Å². The van der Waals surface area contributed by atoms with Crippen molar-refractivity contribution in [3.05, 3.63) is 29.7 Å². The fourth-order valence-corrected chi connectivity index (χ4v) is 2.15. The first-order valence-corrected chi connectivity index (χ1v) is 6.10. The number of nitrogens with zero attached hydrogens (tertiary/aromatic N) is 3. The van der Waals surface area contributed by atoms with Gasteiger partial charge in [-0.05, 0) is 11.5 Å². The van der Waals surface area contributed by atoms with Gasteiger partial charge in [-0.3, -0.25) is 4.79 Å². The number of primary amides is 1. The number of aliphatic hydroxyl groups excluding tert-OH is 1. The van der Waals surface area contributed by atoms with E-state index in [1.165, 1.54) is 4.52 Å². The lowest BCUT2D eigenvalue weighted by Gasteiger charge is -2.27. The number of amides is 1. The Balaban J connectivity index is 2.72. The molecular formula is C13H18N4O2. The summed E-state index contributed by atoms with van der Waals surface area (Å²) in [6.45, 7) is 5.84. The van der Waals surface area contributed by atoms with Gasteiger partial charge in [0, 0.05) is 18.3 Å². The number of hydrogen-bond acceptors (Lipinski definition) is 4. The van der Waals surface area contributed by atoms with Crippen LogP contribution in [-0.4, -0.2) is 32.2 Å². The number of aromatic nitrogens is 3. The van der Waals surface area contributed by atoms with Crippen LogP contribution < -0.4 is 5.73 Å². The number of hydrogen-bond donors (Lipinski definition) is 2. The number of nitrogens with two attached hydrogens (primary N) is 1. The van der Waals surface area contributed by atoms with E-state index in [2.05, 4.69) is 10.1 Å². The summed E-state index contributed by atoms with van der Waals surface area (Å²) in [7, 11) is 0. The molecule has 0 aromatic carbocycles. The Morgan fingerprint density at radius 3 is 2.74 bits per heavy atom. The van der Waals surface area contributed by atoms with E-state index in [9.17, 15) is 9.90 Å². The van der Waals surface area contributed by atoms with Gasteiger partial charge in [0.15, 0.2) is 5.65 Å². The first-order chi connectivity index (χ1) is 8.86. The SMILES string of the molecule is CC(C)(C)[C@H](CO)c1nn2cccnc2c1C(N)=O. The molecule has 102 valence electrons. The summed E-state index contributed by atoms with van der Waals surface area (Å²) < 4.78 is 1.52. The summed E-state index contributed by atoms with van der Waals surface area (Å²) in [5, 5.41) is 14.0. The van der Waals surface area contributed by atoms with Crippen molar-refractivity contribution in [1.29, 1.82) is 0 Å². The molecule has 0 aliphatic heterocycles. The molecule has 0 fully saturated rings. The smallest absolute Gasteiger partial charge is 0.254 e. The summed E-state index contributed by atoms with van der Waals surface area (Å²) in [5.74, 6) is -0.858. The van der Waals surface area contributed by atoms with Crippen molar-refractivity contribution < 1.29 is 9.90 Å². The van der Waals surface area contributed by atoms with Crippen LogP contribution in [0.15, 0.2) is 18.5 Å². The summed E-state index contributed by atoms with van der Waals surface area (Å²) in [6.07, 6.45) is 3.29. The highest BCUT2D eigenvalue weighted by Gasteiger charge is 2.32. The van der Waals surface area contributed by atoms with Crippen LogP contribution in [0.3, 0.4) is 0 Å². The summed E-state index contributed by atoms with van der Waals surface area (Å²) >= 11 is 0. The van der Waals surface area contributed by atoms with Crippen LogP contribution in [0.2, 0.25) is 0 Å². The third kappa shape index (κ3) is 2.31. The zero-order valence-electron chi connectivity index (χ0n) is 11.3. The van der Waals surface area contributed by atoms with E-state index in [1.54, 1.807) is 18.5 Å². The minimum atomic E-state index is -0.577. The Morgan fingerprint density at radius 1 is 1.53 bits per heavy atom. The van der Waals surface area contributed by atoms with E-state index in [0.717, 1.165) is 0 Å². The molecule has 0 bridgehead atoms. The number of carbonyl (C=O) groups is 1. The molecule has 0 saturated carbocycles. The van der Waals surface area contributed by atoms with Crippen molar-refractivity contribution >= 4 is 11.6 Å². The van der Waals surface area contributed by atoms with E-state index in [4.69, 9.17) is 5.73 Å². The molecule has 0 spiro atoms. The van der Waals surface area contributed by atoms with E-state index >= 15 is 0 Å². The highest BCUT2D eigenvalue weighted by atomic mass is 16.3. The van der Waals surface area contributed by atoms with Crippen LogP contribution in [0.5, 0.6) is 0 Å². The topological polar surface area (TPSA) is 93.5 Å². The minimum absolute atomic E-state index is 0.104. The monoisotopic (exact) mass is 262 g/mol. The van der Waals surface area contributed by atoms with Crippen LogP contribution in [-0.2, 0) is 0 Å². The van der Waals surface area contributed by atoms with Crippen molar-refractivity contribution in [1.82, 2.24) is 14.6 Å². The van der Waals surface area contributed by atoms with E-state index in [0.29, 0.717) is 11.3 Å². The molecule has 6 heteroatoms. The molecule has 2 rings (SSSR count). The average molecular weight is 262 g/mol. The maximum absolute atomic E-state index is 11.7. The lowest BCUT2D eigenvalue weighted by Crippen LogP contribution is -2.25. The molecule has 2 aromatic heterocycles. The number of carbonyl (C=O) groups excluding carboxylic acids is 1. The van der Waals surface area contributed by atoms with Crippen LogP contribution in [0.4, 0.5) is 0 Å². The molecule has 0 aliphatic rings. The van der Waals surface area contributed by atoms with Crippen LogP contribution in [0, 0.1) is 5.41 Å². The van der Waals surface area contributed by atoms with Gasteiger partial charge in [0.1, 0.15) is 5.56 Å². The van der Waals surface area contributed by atoms with E-state index in [-0.39, 0.29) is 23.5 Å². The van der Waals surface area contributed by atoms with Crippen molar-refractivity contribution in [3.63, 3.8) is 0 Å². The van der Waals surface area contributed by atoms with Crippen molar-refractivity contribution in [2.75, 3.05) is 6.61 Å². The second-order valence-electron chi connectivity index (χ2n) is 5.61. The van der Waals surface area contributed by atoms with Gasteiger partial charge in [0.25, 0.3) is 5.91 Å². The molecule has 0 aliphatic carbocycles. The van der Waals surface area contributed by atoms with Gasteiger partial charge in [-0.2, -0.15) is 5.10 Å². The zero-order valence-corrected chi connectivity index (χ0v) is 11.3. The molecule has 2 aromatic rings. The Kier molecular flexibility index (Phi) is 3.28. The fraction of sp³-hybridized carbons (Fsp3) is 0.462. The molecule has 0 radical (unpaired) electrons. The minimum Gasteiger partial charge on any atom is -0.396 e. The molecule has 19 heavy (non-hydrogen) atoms. The summed E-state index contributed by atoms with van der Waals surface area (Å²) in [4.78, 5) is 15.8. The number of aliphatic hydroxyl groups is 1. The van der Waals surface area contributed by atoms with Crippen molar-refractivity contribution in [2.45, 2.75) is 26.7 Å². The standard InChI is InChI=1S/C13H18N4O2/c1-13(2,3)8(7-18)10-9(11(14)19)12-15-5-4-6-17(12)16-10/h4-6,8,18H,7H2,1-3H3,(H2,14,19)/t8-/m1/s1. The normalized spacial score (nSPS) is 13.7. The maximum Gasteiger partial charge on any atom is 0.254 e. The Morgan fingerprint density at radius 2 is 2.21 bits per heavy atom. The Bertz CT molecular complexity index is 613. The Labute approximate surface area is 111 Å². The molecule has 0 saturated heterocycles. The lowest BCUT2D eigenvalue weighted by atomic mass is 9.78. The molecular weight excluding hydrogens is 244 g/mol. The van der Waals surface area contributed by atoms with E-state index in [1.807, 2.05) is 20.8 Å². The molecule has 2 heterocycles. The van der Waals surface area contributed by atoms with Crippen LogP contribution in [0.25, 0.3) is 5.65 Å². The molecule has 1 atom stereocenters. The van der Waals surface area contributed by atoms with Crippen LogP contribution in [0.1, 0.15) is 42.7 Å². The Hall–Kier alpha value is -1.95. The van der Waals surface area contributed by atoms with Crippen molar-refractivity contribution in [3.8, 4) is 0 Å². The molecule has 6 nitrogen and oxygen atoms in total. The largest absolute Gasteiger partial charge is 0.396 e. The van der Waals surface area contributed by atoms with Gasteiger partial charge < -0.3 is 10.8 Å². The quantitative estimate of drug-likeness (QED) is 0.861. The molecule has 0 unspecified atom stereocenters. The van der Waals surface area contributed by atoms with Crippen molar-refractivity contribution in [2.24, 2.45) is 11.1 Å².